The second-order valence-electron chi connectivity index (χ2n) is 7.06. The van der Waals surface area contributed by atoms with Crippen LogP contribution < -0.4 is 10.7 Å². The fourth-order valence-electron chi connectivity index (χ4n) is 3.55. The summed E-state index contributed by atoms with van der Waals surface area (Å²) in [6.07, 6.45) is 4.34. The molecule has 0 bridgehead atoms. The van der Waals surface area contributed by atoms with Crippen LogP contribution in [0.15, 0.2) is 36.4 Å². The van der Waals surface area contributed by atoms with Crippen LogP contribution in [0.5, 0.6) is 0 Å². The third kappa shape index (κ3) is 3.69. The maximum absolute atomic E-state index is 12.4. The Balaban J connectivity index is 2.14. The summed E-state index contributed by atoms with van der Waals surface area (Å²) in [7, 11) is 0. The fraction of sp³-hybridized carbons (Fsp3) is 0.409. The van der Waals surface area contributed by atoms with Crippen molar-refractivity contribution < 1.29 is 14.6 Å². The molecule has 1 aromatic carbocycles. The van der Waals surface area contributed by atoms with Gasteiger partial charge in [0.1, 0.15) is 5.76 Å². The highest BCUT2D eigenvalue weighted by molar-refractivity contribution is 5.79. The molecule has 0 fully saturated rings. The molecule has 4 nitrogen and oxygen atoms in total. The monoisotopic (exact) mass is 353 g/mol. The number of aryl methyl sites for hydroxylation is 1. The Kier molecular flexibility index (Phi) is 5.50. The lowest BCUT2D eigenvalue weighted by molar-refractivity contribution is -0.150. The van der Waals surface area contributed by atoms with Crippen LogP contribution in [0.25, 0.3) is 11.8 Å². The molecule has 0 radical (unpaired) electrons. The SMILES string of the molecule is CCc1cc2n(c1=C(O)c1ccccc1)CCCC(C(=O)OC(C)C)C=2. The summed E-state index contributed by atoms with van der Waals surface area (Å²) in [5, 5.41) is 12.8. The minimum absolute atomic E-state index is 0.108. The average Bonchev–Trinajstić information content (AvgIpc) is 2.84. The van der Waals surface area contributed by atoms with Gasteiger partial charge in [-0.05, 0) is 50.8 Å². The van der Waals surface area contributed by atoms with Gasteiger partial charge in [-0.1, -0.05) is 37.3 Å². The second-order valence-corrected chi connectivity index (χ2v) is 7.06. The zero-order valence-electron chi connectivity index (χ0n) is 15.7. The molecule has 2 aromatic rings. The zero-order valence-corrected chi connectivity index (χ0v) is 15.7. The second kappa shape index (κ2) is 7.81. The molecule has 1 N–H and O–H groups in total. The Bertz CT molecular complexity index is 893. The Labute approximate surface area is 154 Å². The number of carbonyl (C=O) groups is 1. The number of rotatable bonds is 4. The molecule has 0 aliphatic carbocycles. The molecule has 2 heterocycles. The normalized spacial score (nSPS) is 17.9. The van der Waals surface area contributed by atoms with Crippen molar-refractivity contribution in [2.24, 2.45) is 5.92 Å². The molecule has 1 aliphatic rings. The van der Waals surface area contributed by atoms with Gasteiger partial charge >= 0.3 is 5.97 Å². The van der Waals surface area contributed by atoms with Gasteiger partial charge in [-0.15, -0.1) is 0 Å². The van der Waals surface area contributed by atoms with Crippen molar-refractivity contribution in [2.75, 3.05) is 0 Å². The number of aromatic nitrogens is 1. The lowest BCUT2D eigenvalue weighted by Gasteiger charge is -2.13. The smallest absolute Gasteiger partial charge is 0.313 e. The Morgan fingerprint density at radius 2 is 2.04 bits per heavy atom. The van der Waals surface area contributed by atoms with Gasteiger partial charge in [0.05, 0.1) is 17.4 Å². The van der Waals surface area contributed by atoms with Gasteiger partial charge in [-0.25, -0.2) is 0 Å². The standard InChI is InChI=1S/C22H27NO3/c1-4-16-13-19-14-18(22(25)26-15(2)3)11-8-12-23(19)20(16)21(24)17-9-6-5-7-10-17/h5-7,9-10,13-15,18,24H,4,8,11-12H2,1-3H3. The highest BCUT2D eigenvalue weighted by Crippen LogP contribution is 2.16. The van der Waals surface area contributed by atoms with Crippen molar-refractivity contribution in [2.45, 2.75) is 52.7 Å². The summed E-state index contributed by atoms with van der Waals surface area (Å²) in [4.78, 5) is 12.4. The molecule has 1 atom stereocenters. The number of aliphatic hydroxyl groups is 1. The first-order valence-corrected chi connectivity index (χ1v) is 9.40. The molecule has 1 unspecified atom stereocenters. The van der Waals surface area contributed by atoms with Gasteiger partial charge in [0.25, 0.3) is 0 Å². The van der Waals surface area contributed by atoms with Gasteiger partial charge in [0, 0.05) is 17.5 Å². The van der Waals surface area contributed by atoms with E-state index in [0.29, 0.717) is 5.76 Å². The van der Waals surface area contributed by atoms with Crippen LogP contribution in [0.2, 0.25) is 0 Å². The molecule has 0 amide bonds. The Morgan fingerprint density at radius 3 is 2.69 bits per heavy atom. The quantitative estimate of drug-likeness (QED) is 0.860. The fourth-order valence-corrected chi connectivity index (χ4v) is 3.55. The third-order valence-corrected chi connectivity index (χ3v) is 4.78. The van der Waals surface area contributed by atoms with Crippen LogP contribution in [-0.4, -0.2) is 21.7 Å². The van der Waals surface area contributed by atoms with Crippen molar-refractivity contribution >= 4 is 17.8 Å². The molecule has 1 aliphatic heterocycles. The Morgan fingerprint density at radius 1 is 1.31 bits per heavy atom. The van der Waals surface area contributed by atoms with E-state index < -0.39 is 0 Å². The maximum atomic E-state index is 12.4. The number of ether oxygens (including phenoxy) is 1. The number of fused-ring (bicyclic) bond motifs is 1. The number of aliphatic hydroxyl groups excluding tert-OH is 1. The van der Waals surface area contributed by atoms with Gasteiger partial charge in [0.2, 0.25) is 0 Å². The average molecular weight is 353 g/mol. The van der Waals surface area contributed by atoms with E-state index in [1.807, 2.05) is 50.3 Å². The summed E-state index contributed by atoms with van der Waals surface area (Å²) in [5.41, 5.74) is 1.90. The number of hydrogen-bond donors (Lipinski definition) is 1. The van der Waals surface area contributed by atoms with Crippen molar-refractivity contribution in [3.63, 3.8) is 0 Å². The first kappa shape index (κ1) is 18.3. The summed E-state index contributed by atoms with van der Waals surface area (Å²) >= 11 is 0. The molecular weight excluding hydrogens is 326 g/mol. The Hall–Kier alpha value is -2.49. The predicted molar refractivity (Wildman–Crippen MR) is 103 cm³/mol. The molecule has 0 saturated heterocycles. The number of nitrogens with zero attached hydrogens (tertiary/aromatic N) is 1. The summed E-state index contributed by atoms with van der Waals surface area (Å²) < 4.78 is 7.55. The first-order chi connectivity index (χ1) is 12.5. The molecule has 138 valence electrons. The van der Waals surface area contributed by atoms with Gasteiger partial charge < -0.3 is 14.4 Å². The van der Waals surface area contributed by atoms with E-state index in [-0.39, 0.29) is 18.0 Å². The molecular formula is C22H27NO3. The first-order valence-electron chi connectivity index (χ1n) is 9.40. The van der Waals surface area contributed by atoms with Crippen LogP contribution in [0.1, 0.15) is 44.7 Å². The number of carbonyl (C=O) groups excluding carboxylic acids is 1. The minimum Gasteiger partial charge on any atom is -0.505 e. The van der Waals surface area contributed by atoms with E-state index in [0.717, 1.165) is 47.6 Å². The van der Waals surface area contributed by atoms with Crippen LogP contribution >= 0.6 is 0 Å². The topological polar surface area (TPSA) is 51.5 Å². The van der Waals surface area contributed by atoms with Crippen molar-refractivity contribution in [3.8, 4) is 0 Å². The lowest BCUT2D eigenvalue weighted by atomic mass is 10.0. The molecule has 1 aromatic heterocycles. The maximum Gasteiger partial charge on any atom is 0.313 e. The number of hydrogen-bond acceptors (Lipinski definition) is 3. The van der Waals surface area contributed by atoms with Gasteiger partial charge in [0.15, 0.2) is 0 Å². The molecule has 4 heteroatoms. The van der Waals surface area contributed by atoms with Crippen molar-refractivity contribution in [3.05, 3.63) is 58.2 Å². The zero-order chi connectivity index (χ0) is 18.7. The third-order valence-electron chi connectivity index (χ3n) is 4.78. The summed E-state index contributed by atoms with van der Waals surface area (Å²) in [6, 6.07) is 11.7. The van der Waals surface area contributed by atoms with E-state index in [4.69, 9.17) is 4.74 Å². The van der Waals surface area contributed by atoms with E-state index in [1.165, 1.54) is 0 Å². The van der Waals surface area contributed by atoms with Gasteiger partial charge in [-0.2, -0.15) is 0 Å². The van der Waals surface area contributed by atoms with Crippen molar-refractivity contribution in [1.29, 1.82) is 0 Å². The highest BCUT2D eigenvalue weighted by Gasteiger charge is 2.22. The van der Waals surface area contributed by atoms with Crippen LogP contribution in [-0.2, 0) is 22.5 Å². The summed E-state index contributed by atoms with van der Waals surface area (Å²) in [5.74, 6) is -0.0965. The van der Waals surface area contributed by atoms with Crippen LogP contribution in [0.3, 0.4) is 0 Å². The van der Waals surface area contributed by atoms with E-state index in [1.54, 1.807) is 0 Å². The minimum atomic E-state index is -0.232. The number of benzene rings is 1. The summed E-state index contributed by atoms with van der Waals surface area (Å²) in [6.45, 7) is 6.61. The lowest BCUT2D eigenvalue weighted by Crippen LogP contribution is -2.29. The van der Waals surface area contributed by atoms with Crippen LogP contribution in [0, 0.1) is 5.92 Å². The molecule has 26 heavy (non-hydrogen) atoms. The van der Waals surface area contributed by atoms with E-state index in [2.05, 4.69) is 17.6 Å². The molecule has 3 rings (SSSR count). The van der Waals surface area contributed by atoms with Crippen LogP contribution in [0.4, 0.5) is 0 Å². The van der Waals surface area contributed by atoms with Crippen molar-refractivity contribution in [1.82, 2.24) is 4.57 Å². The van der Waals surface area contributed by atoms with E-state index >= 15 is 0 Å². The largest absolute Gasteiger partial charge is 0.505 e. The molecule has 0 spiro atoms. The van der Waals surface area contributed by atoms with E-state index in [9.17, 15) is 9.90 Å². The highest BCUT2D eigenvalue weighted by atomic mass is 16.5. The predicted octanol–water partition coefficient (Wildman–Crippen LogP) is 2.91. The molecule has 0 saturated carbocycles. The number of esters is 1. The van der Waals surface area contributed by atoms with Gasteiger partial charge in [-0.3, -0.25) is 4.79 Å².